The zero-order valence-corrected chi connectivity index (χ0v) is 15.6. The summed E-state index contributed by atoms with van der Waals surface area (Å²) in [4.78, 5) is 20.5. The van der Waals surface area contributed by atoms with Crippen LogP contribution in [0.5, 0.6) is 0 Å². The average Bonchev–Trinajstić information content (AvgIpc) is 3.02. The van der Waals surface area contributed by atoms with Crippen molar-refractivity contribution in [2.24, 2.45) is 0 Å². The van der Waals surface area contributed by atoms with E-state index in [1.807, 2.05) is 13.0 Å². The molecule has 1 aromatic carbocycles. The molecule has 0 saturated heterocycles. The summed E-state index contributed by atoms with van der Waals surface area (Å²) in [6.45, 7) is 8.11. The van der Waals surface area contributed by atoms with Gasteiger partial charge in [-0.3, -0.25) is 9.78 Å². The second-order valence-corrected chi connectivity index (χ2v) is 7.69. The van der Waals surface area contributed by atoms with Gasteiger partial charge in [0.05, 0.1) is 17.4 Å². The van der Waals surface area contributed by atoms with Crippen LogP contribution in [0.4, 0.5) is 4.39 Å². The highest BCUT2D eigenvalue weighted by Gasteiger charge is 2.25. The molecule has 0 aliphatic carbocycles. The van der Waals surface area contributed by atoms with Crippen LogP contribution in [-0.2, 0) is 5.41 Å². The van der Waals surface area contributed by atoms with E-state index in [0.717, 1.165) is 28.7 Å². The summed E-state index contributed by atoms with van der Waals surface area (Å²) in [7, 11) is 0. The SMILES string of the molecule is Cc1c(C=O)nc2c(-c3cnc4ccc(F)cc4c3)cnn2c1C(C)(C)C. The predicted molar refractivity (Wildman–Crippen MR) is 103 cm³/mol. The molecule has 4 aromatic rings. The van der Waals surface area contributed by atoms with Crippen molar-refractivity contribution in [1.82, 2.24) is 19.6 Å². The second kappa shape index (κ2) is 5.94. The summed E-state index contributed by atoms with van der Waals surface area (Å²) >= 11 is 0. The van der Waals surface area contributed by atoms with Crippen molar-refractivity contribution in [3.8, 4) is 11.1 Å². The summed E-state index contributed by atoms with van der Waals surface area (Å²) in [5.74, 6) is -0.312. The van der Waals surface area contributed by atoms with Crippen LogP contribution in [0.25, 0.3) is 27.7 Å². The summed E-state index contributed by atoms with van der Waals surface area (Å²) in [5.41, 5.74) is 4.75. The molecule has 27 heavy (non-hydrogen) atoms. The van der Waals surface area contributed by atoms with E-state index in [9.17, 15) is 9.18 Å². The molecule has 0 amide bonds. The lowest BCUT2D eigenvalue weighted by Crippen LogP contribution is -2.21. The molecular formula is C21H19FN4O. The van der Waals surface area contributed by atoms with Crippen LogP contribution >= 0.6 is 0 Å². The fourth-order valence-electron chi connectivity index (χ4n) is 3.54. The summed E-state index contributed by atoms with van der Waals surface area (Å²) < 4.78 is 15.4. The molecule has 0 spiro atoms. The summed E-state index contributed by atoms with van der Waals surface area (Å²) in [6.07, 6.45) is 4.21. The Morgan fingerprint density at radius 3 is 2.63 bits per heavy atom. The molecule has 0 saturated carbocycles. The summed E-state index contributed by atoms with van der Waals surface area (Å²) in [5, 5.41) is 5.23. The Morgan fingerprint density at radius 2 is 1.93 bits per heavy atom. The fraction of sp³-hybridized carbons (Fsp3) is 0.238. The highest BCUT2D eigenvalue weighted by Crippen LogP contribution is 2.32. The molecule has 3 heterocycles. The number of hydrogen-bond acceptors (Lipinski definition) is 4. The number of carbonyl (C=O) groups excluding carboxylic acids is 1. The summed E-state index contributed by atoms with van der Waals surface area (Å²) in [6, 6.07) is 6.35. The van der Waals surface area contributed by atoms with Gasteiger partial charge >= 0.3 is 0 Å². The number of aldehydes is 1. The maximum Gasteiger partial charge on any atom is 0.168 e. The Morgan fingerprint density at radius 1 is 1.15 bits per heavy atom. The van der Waals surface area contributed by atoms with Crippen molar-refractivity contribution in [3.05, 3.63) is 59.4 Å². The van der Waals surface area contributed by atoms with Gasteiger partial charge in [-0.05, 0) is 31.2 Å². The molecular weight excluding hydrogens is 343 g/mol. The number of hydrogen-bond donors (Lipinski definition) is 0. The highest BCUT2D eigenvalue weighted by atomic mass is 19.1. The maximum absolute atomic E-state index is 13.6. The van der Waals surface area contributed by atoms with Gasteiger partial charge in [-0.25, -0.2) is 13.9 Å². The standard InChI is InChI=1S/C21H19FN4O/c1-12-18(11-27)25-20-16(10-24-26(20)19(12)21(2,3)4)14-7-13-8-15(22)5-6-17(13)23-9-14/h5-11H,1-4H3. The van der Waals surface area contributed by atoms with E-state index in [1.165, 1.54) is 12.1 Å². The van der Waals surface area contributed by atoms with E-state index in [1.54, 1.807) is 23.0 Å². The minimum absolute atomic E-state index is 0.225. The van der Waals surface area contributed by atoms with Crippen LogP contribution in [-0.4, -0.2) is 25.9 Å². The van der Waals surface area contributed by atoms with Crippen molar-refractivity contribution in [3.63, 3.8) is 0 Å². The first kappa shape index (κ1) is 17.3. The first-order chi connectivity index (χ1) is 12.8. The Kier molecular flexibility index (Phi) is 3.80. The lowest BCUT2D eigenvalue weighted by Gasteiger charge is -2.23. The molecule has 136 valence electrons. The molecule has 5 nitrogen and oxygen atoms in total. The minimum Gasteiger partial charge on any atom is -0.296 e. The highest BCUT2D eigenvalue weighted by molar-refractivity contribution is 5.87. The normalized spacial score (nSPS) is 12.0. The fourth-order valence-corrected chi connectivity index (χ4v) is 3.54. The third-order valence-electron chi connectivity index (χ3n) is 4.70. The van der Waals surface area contributed by atoms with Crippen LogP contribution in [0.3, 0.4) is 0 Å². The van der Waals surface area contributed by atoms with Crippen LogP contribution in [0.15, 0.2) is 36.7 Å². The van der Waals surface area contributed by atoms with Crippen LogP contribution in [0, 0.1) is 12.7 Å². The molecule has 0 unspecified atom stereocenters. The van der Waals surface area contributed by atoms with E-state index in [4.69, 9.17) is 0 Å². The maximum atomic E-state index is 13.6. The van der Waals surface area contributed by atoms with Crippen molar-refractivity contribution in [1.29, 1.82) is 0 Å². The van der Waals surface area contributed by atoms with Crippen LogP contribution < -0.4 is 0 Å². The molecule has 6 heteroatoms. The zero-order valence-electron chi connectivity index (χ0n) is 15.6. The number of nitrogens with zero attached hydrogens (tertiary/aromatic N) is 4. The Hall–Kier alpha value is -3.15. The number of rotatable bonds is 2. The monoisotopic (exact) mass is 362 g/mol. The van der Waals surface area contributed by atoms with Gasteiger partial charge in [0.2, 0.25) is 0 Å². The topological polar surface area (TPSA) is 60.2 Å². The minimum atomic E-state index is -0.312. The Balaban J connectivity index is 2.02. The molecule has 4 rings (SSSR count). The van der Waals surface area contributed by atoms with E-state index in [-0.39, 0.29) is 11.2 Å². The van der Waals surface area contributed by atoms with Gasteiger partial charge in [-0.1, -0.05) is 20.8 Å². The number of aromatic nitrogens is 4. The van der Waals surface area contributed by atoms with Gasteiger partial charge < -0.3 is 0 Å². The van der Waals surface area contributed by atoms with E-state index in [2.05, 4.69) is 35.8 Å². The number of benzene rings is 1. The third kappa shape index (κ3) is 2.77. The molecule has 0 aliphatic heterocycles. The lowest BCUT2D eigenvalue weighted by atomic mass is 9.88. The second-order valence-electron chi connectivity index (χ2n) is 7.69. The molecule has 0 bridgehead atoms. The van der Waals surface area contributed by atoms with E-state index in [0.29, 0.717) is 22.2 Å². The van der Waals surface area contributed by atoms with Crippen molar-refractivity contribution >= 4 is 22.8 Å². The van der Waals surface area contributed by atoms with Crippen molar-refractivity contribution in [2.45, 2.75) is 33.1 Å². The van der Waals surface area contributed by atoms with Crippen molar-refractivity contribution in [2.75, 3.05) is 0 Å². The molecule has 0 radical (unpaired) electrons. The molecule has 3 aromatic heterocycles. The predicted octanol–water partition coefficient (Wildman–Crippen LogP) is 4.50. The third-order valence-corrected chi connectivity index (χ3v) is 4.70. The smallest absolute Gasteiger partial charge is 0.168 e. The number of carbonyl (C=O) groups is 1. The quantitative estimate of drug-likeness (QED) is 0.493. The molecule has 0 fully saturated rings. The molecule has 0 N–H and O–H groups in total. The van der Waals surface area contributed by atoms with Crippen molar-refractivity contribution < 1.29 is 9.18 Å². The van der Waals surface area contributed by atoms with Crippen LogP contribution in [0.1, 0.15) is 42.5 Å². The number of halogens is 1. The van der Waals surface area contributed by atoms with Gasteiger partial charge in [0.15, 0.2) is 11.9 Å². The van der Waals surface area contributed by atoms with Crippen LogP contribution in [0.2, 0.25) is 0 Å². The largest absolute Gasteiger partial charge is 0.296 e. The number of pyridine rings is 1. The Bertz CT molecular complexity index is 1200. The van der Waals surface area contributed by atoms with Gasteiger partial charge in [-0.15, -0.1) is 0 Å². The first-order valence-electron chi connectivity index (χ1n) is 8.69. The van der Waals surface area contributed by atoms with Gasteiger partial charge in [0.25, 0.3) is 0 Å². The average molecular weight is 362 g/mol. The van der Waals surface area contributed by atoms with Gasteiger partial charge in [0.1, 0.15) is 11.5 Å². The molecule has 0 atom stereocenters. The Labute approximate surface area is 155 Å². The number of fused-ring (bicyclic) bond motifs is 2. The zero-order chi connectivity index (χ0) is 19.3. The van der Waals surface area contributed by atoms with Gasteiger partial charge in [0, 0.05) is 33.7 Å². The first-order valence-corrected chi connectivity index (χ1v) is 8.69. The molecule has 0 aliphatic rings. The van der Waals surface area contributed by atoms with E-state index < -0.39 is 0 Å². The van der Waals surface area contributed by atoms with E-state index >= 15 is 0 Å². The van der Waals surface area contributed by atoms with Gasteiger partial charge in [-0.2, -0.15) is 5.10 Å². The lowest BCUT2D eigenvalue weighted by molar-refractivity contribution is 0.111.